The number of nitrogens with one attached hydrogen (secondary N) is 1. The number of amides is 1. The number of aromatic nitrogens is 1. The summed E-state index contributed by atoms with van der Waals surface area (Å²) in [5.41, 5.74) is 7.16. The third-order valence-corrected chi connectivity index (χ3v) is 2.87. The Labute approximate surface area is 124 Å². The van der Waals surface area contributed by atoms with Gasteiger partial charge in [-0.15, -0.1) is 0 Å². The van der Waals surface area contributed by atoms with Gasteiger partial charge in [0.25, 0.3) is 0 Å². The number of nitrogens with zero attached hydrogens (tertiary/aromatic N) is 1. The third kappa shape index (κ3) is 5.24. The van der Waals surface area contributed by atoms with Gasteiger partial charge in [-0.05, 0) is 30.2 Å². The van der Waals surface area contributed by atoms with Gasteiger partial charge < -0.3 is 15.8 Å². The molecule has 0 bridgehead atoms. The number of hydrogen-bond acceptors (Lipinski definition) is 4. The van der Waals surface area contributed by atoms with Crippen LogP contribution < -0.4 is 15.8 Å². The lowest BCUT2D eigenvalue weighted by Gasteiger charge is -2.08. The van der Waals surface area contributed by atoms with Gasteiger partial charge >= 0.3 is 0 Å². The summed E-state index contributed by atoms with van der Waals surface area (Å²) in [5, 5.41) is 2.86. The minimum Gasteiger partial charge on any atom is -0.492 e. The number of pyridine rings is 1. The smallest absolute Gasteiger partial charge is 0.224 e. The van der Waals surface area contributed by atoms with E-state index in [1.165, 1.54) is 0 Å². The molecule has 0 spiro atoms. The van der Waals surface area contributed by atoms with E-state index in [2.05, 4.69) is 10.3 Å². The predicted octanol–water partition coefficient (Wildman–Crippen LogP) is 1.99. The highest BCUT2D eigenvalue weighted by Gasteiger charge is 2.04. The van der Waals surface area contributed by atoms with Gasteiger partial charge in [-0.1, -0.05) is 12.1 Å². The molecule has 110 valence electrons. The second-order valence-electron chi connectivity index (χ2n) is 4.57. The highest BCUT2D eigenvalue weighted by molar-refractivity contribution is 5.91. The largest absolute Gasteiger partial charge is 0.492 e. The molecule has 0 fully saturated rings. The van der Waals surface area contributed by atoms with E-state index in [1.807, 2.05) is 30.3 Å². The molecule has 1 heterocycles. The summed E-state index contributed by atoms with van der Waals surface area (Å²) in [6, 6.07) is 11.1. The number of hydrogen-bond donors (Lipinski definition) is 2. The van der Waals surface area contributed by atoms with Crippen molar-refractivity contribution >= 4 is 11.6 Å². The van der Waals surface area contributed by atoms with Crippen molar-refractivity contribution in [2.45, 2.75) is 12.8 Å². The number of aryl methyl sites for hydroxylation is 1. The van der Waals surface area contributed by atoms with Crippen LogP contribution in [-0.2, 0) is 11.2 Å². The first-order valence-electron chi connectivity index (χ1n) is 6.89. The van der Waals surface area contributed by atoms with Crippen molar-refractivity contribution in [1.82, 2.24) is 4.98 Å². The lowest BCUT2D eigenvalue weighted by molar-refractivity contribution is -0.116. The first-order chi connectivity index (χ1) is 10.3. The molecule has 0 atom stereocenters. The van der Waals surface area contributed by atoms with E-state index in [0.717, 1.165) is 11.3 Å². The van der Waals surface area contributed by atoms with Gasteiger partial charge in [-0.25, -0.2) is 0 Å². The normalized spacial score (nSPS) is 10.1. The van der Waals surface area contributed by atoms with Crippen molar-refractivity contribution in [3.05, 3.63) is 54.4 Å². The first-order valence-corrected chi connectivity index (χ1v) is 6.89. The molecule has 2 rings (SSSR count). The van der Waals surface area contributed by atoms with E-state index in [9.17, 15) is 4.79 Å². The molecule has 2 aromatic rings. The van der Waals surface area contributed by atoms with E-state index in [0.29, 0.717) is 31.7 Å². The number of nitrogens with two attached hydrogens (primary N) is 1. The molecule has 1 aromatic carbocycles. The quantitative estimate of drug-likeness (QED) is 0.815. The fourth-order valence-electron chi connectivity index (χ4n) is 1.87. The summed E-state index contributed by atoms with van der Waals surface area (Å²) in [4.78, 5) is 15.9. The number of carbonyl (C=O) groups excluding carboxylic acids is 1. The van der Waals surface area contributed by atoms with E-state index >= 15 is 0 Å². The van der Waals surface area contributed by atoms with Crippen molar-refractivity contribution in [3.8, 4) is 5.75 Å². The molecule has 21 heavy (non-hydrogen) atoms. The van der Waals surface area contributed by atoms with Gasteiger partial charge in [0.2, 0.25) is 5.91 Å². The fourth-order valence-corrected chi connectivity index (χ4v) is 1.87. The maximum absolute atomic E-state index is 11.9. The Morgan fingerprint density at radius 2 is 2.19 bits per heavy atom. The Morgan fingerprint density at radius 3 is 2.95 bits per heavy atom. The van der Waals surface area contributed by atoms with Crippen LogP contribution in [0.2, 0.25) is 0 Å². The van der Waals surface area contributed by atoms with Crippen LogP contribution in [-0.4, -0.2) is 24.0 Å². The summed E-state index contributed by atoms with van der Waals surface area (Å²) < 4.78 is 5.42. The summed E-state index contributed by atoms with van der Waals surface area (Å²) in [6.07, 6.45) is 4.58. The van der Waals surface area contributed by atoms with Gasteiger partial charge in [-0.2, -0.15) is 0 Å². The van der Waals surface area contributed by atoms with Crippen molar-refractivity contribution in [2.75, 3.05) is 18.5 Å². The van der Waals surface area contributed by atoms with Crippen LogP contribution in [0.3, 0.4) is 0 Å². The average molecular weight is 285 g/mol. The summed E-state index contributed by atoms with van der Waals surface area (Å²) in [6.45, 7) is 0.917. The zero-order valence-electron chi connectivity index (χ0n) is 11.8. The van der Waals surface area contributed by atoms with Gasteiger partial charge in [0.05, 0.1) is 0 Å². The number of rotatable bonds is 7. The van der Waals surface area contributed by atoms with Crippen LogP contribution in [0, 0.1) is 0 Å². The molecule has 0 aliphatic carbocycles. The molecule has 1 amide bonds. The maximum atomic E-state index is 11.9. The molecule has 0 radical (unpaired) electrons. The Morgan fingerprint density at radius 1 is 1.29 bits per heavy atom. The van der Waals surface area contributed by atoms with Gasteiger partial charge in [-0.3, -0.25) is 9.78 Å². The third-order valence-electron chi connectivity index (χ3n) is 2.87. The Kier molecular flexibility index (Phi) is 5.72. The van der Waals surface area contributed by atoms with E-state index < -0.39 is 0 Å². The van der Waals surface area contributed by atoms with Crippen molar-refractivity contribution < 1.29 is 9.53 Å². The summed E-state index contributed by atoms with van der Waals surface area (Å²) >= 11 is 0. The molecule has 5 heteroatoms. The molecular weight excluding hydrogens is 266 g/mol. The number of ether oxygens (including phenoxy) is 1. The van der Waals surface area contributed by atoms with Crippen molar-refractivity contribution in [2.24, 2.45) is 5.73 Å². The molecule has 1 aromatic heterocycles. The number of anilines is 1. The Bertz CT molecular complexity index is 573. The highest BCUT2D eigenvalue weighted by Crippen LogP contribution is 2.17. The summed E-state index contributed by atoms with van der Waals surface area (Å²) in [7, 11) is 0. The Hall–Kier alpha value is -2.40. The molecule has 0 saturated heterocycles. The van der Waals surface area contributed by atoms with E-state index in [-0.39, 0.29) is 5.91 Å². The fraction of sp³-hybridized carbons (Fsp3) is 0.250. The SMILES string of the molecule is NCCOc1cccc(NC(=O)CCc2cccnc2)c1. The lowest BCUT2D eigenvalue weighted by atomic mass is 10.1. The molecular formula is C16H19N3O2. The maximum Gasteiger partial charge on any atom is 0.224 e. The topological polar surface area (TPSA) is 77.2 Å². The van der Waals surface area contributed by atoms with E-state index in [4.69, 9.17) is 10.5 Å². The van der Waals surface area contributed by atoms with Crippen LogP contribution in [0.25, 0.3) is 0 Å². The van der Waals surface area contributed by atoms with Crippen LogP contribution in [0.4, 0.5) is 5.69 Å². The monoisotopic (exact) mass is 285 g/mol. The predicted molar refractivity (Wildman–Crippen MR) is 82.2 cm³/mol. The molecule has 3 N–H and O–H groups in total. The second-order valence-corrected chi connectivity index (χ2v) is 4.57. The van der Waals surface area contributed by atoms with Crippen LogP contribution in [0.5, 0.6) is 5.75 Å². The number of carbonyl (C=O) groups is 1. The minimum absolute atomic E-state index is 0.0326. The lowest BCUT2D eigenvalue weighted by Crippen LogP contribution is -2.13. The van der Waals surface area contributed by atoms with Crippen molar-refractivity contribution in [1.29, 1.82) is 0 Å². The highest BCUT2D eigenvalue weighted by atomic mass is 16.5. The van der Waals surface area contributed by atoms with Gasteiger partial charge in [0, 0.05) is 37.1 Å². The van der Waals surface area contributed by atoms with Crippen LogP contribution in [0.1, 0.15) is 12.0 Å². The minimum atomic E-state index is -0.0326. The van der Waals surface area contributed by atoms with Crippen LogP contribution in [0.15, 0.2) is 48.8 Å². The van der Waals surface area contributed by atoms with E-state index in [1.54, 1.807) is 18.5 Å². The average Bonchev–Trinajstić information content (AvgIpc) is 2.52. The van der Waals surface area contributed by atoms with Crippen molar-refractivity contribution in [3.63, 3.8) is 0 Å². The molecule has 0 aliphatic heterocycles. The first kappa shape index (κ1) is 15.0. The molecule has 0 aliphatic rings. The van der Waals surface area contributed by atoms with Gasteiger partial charge in [0.15, 0.2) is 0 Å². The zero-order chi connectivity index (χ0) is 14.9. The Balaban J connectivity index is 1.84. The summed E-state index contributed by atoms with van der Waals surface area (Å²) in [5.74, 6) is 0.667. The number of benzene rings is 1. The standard InChI is InChI=1S/C16H19N3O2/c17-8-10-21-15-5-1-4-14(11-15)19-16(20)7-6-13-3-2-9-18-12-13/h1-5,9,11-12H,6-8,10,17H2,(H,19,20). The second kappa shape index (κ2) is 8.01. The molecule has 0 saturated carbocycles. The zero-order valence-corrected chi connectivity index (χ0v) is 11.8. The van der Waals surface area contributed by atoms with Crippen LogP contribution >= 0.6 is 0 Å². The molecule has 0 unspecified atom stereocenters. The molecule has 5 nitrogen and oxygen atoms in total. The van der Waals surface area contributed by atoms with Gasteiger partial charge in [0.1, 0.15) is 12.4 Å².